The van der Waals surface area contributed by atoms with Crippen molar-refractivity contribution in [3.05, 3.63) is 77.9 Å². The van der Waals surface area contributed by atoms with Crippen molar-refractivity contribution in [1.29, 1.82) is 0 Å². The molecule has 4 aliphatic heterocycles. The number of nitrogens with two attached hydrogens (primary N) is 1. The van der Waals surface area contributed by atoms with Crippen molar-refractivity contribution < 1.29 is 38.2 Å². The molecule has 4 saturated heterocycles. The van der Waals surface area contributed by atoms with E-state index in [0.29, 0.717) is 100.0 Å². The summed E-state index contributed by atoms with van der Waals surface area (Å²) >= 11 is 5.92. The Hall–Kier alpha value is -8.15. The second kappa shape index (κ2) is 27.0. The normalized spacial score (nSPS) is 18.7. The molecule has 6 aromatic heterocycles. The van der Waals surface area contributed by atoms with Crippen molar-refractivity contribution in [1.82, 2.24) is 58.6 Å². The minimum atomic E-state index is -0.548. The number of hydrogen-bond acceptors (Lipinski definition) is 16. The van der Waals surface area contributed by atoms with Gasteiger partial charge < -0.3 is 59.1 Å². The number of rotatable bonds is 8. The SMILES string of the molecule is CC(C)(C)OC(=O)N1CCC2(CCCN(c3ccc(N)nc3)C2=O)CC1.CN(C)C(=O)c1cc2cnc(Cl)nc2n1C1CCCC1.CN(C)C(=O)c1cc2cnc(Nc3ccc(N4CCCC5(CCN(C(=O)OC(C)(C)C)CC5)C4=O)cn3)nc2n1C1CCCC1. The van der Waals surface area contributed by atoms with Crippen LogP contribution in [0.5, 0.6) is 0 Å². The molecule has 2 aliphatic carbocycles. The third-order valence-electron chi connectivity index (χ3n) is 18.4. The number of hydrogen-bond donors (Lipinski definition) is 2. The molecule has 6 aromatic rings. The number of carbonyl (C=O) groups is 6. The maximum absolute atomic E-state index is 13.8. The van der Waals surface area contributed by atoms with E-state index in [4.69, 9.17) is 31.8 Å². The van der Waals surface area contributed by atoms with E-state index in [1.165, 1.54) is 12.8 Å². The van der Waals surface area contributed by atoms with Crippen LogP contribution in [0.15, 0.2) is 61.2 Å². The second-order valence-electron chi connectivity index (χ2n) is 27.5. The van der Waals surface area contributed by atoms with Crippen LogP contribution in [0.25, 0.3) is 22.1 Å². The minimum absolute atomic E-state index is 0.00831. The van der Waals surface area contributed by atoms with Crippen LogP contribution in [-0.4, -0.2) is 173 Å². The zero-order valence-electron chi connectivity index (χ0n) is 54.5. The van der Waals surface area contributed by atoms with Crippen molar-refractivity contribution in [2.45, 2.75) is 168 Å². The molecule has 2 spiro atoms. The van der Waals surface area contributed by atoms with Gasteiger partial charge in [0.05, 0.1) is 34.6 Å². The summed E-state index contributed by atoms with van der Waals surface area (Å²) in [7, 11) is 7.05. The van der Waals surface area contributed by atoms with Crippen molar-refractivity contribution in [2.75, 3.05) is 88.3 Å². The van der Waals surface area contributed by atoms with Gasteiger partial charge in [0.25, 0.3) is 11.8 Å². The van der Waals surface area contributed by atoms with E-state index in [0.717, 1.165) is 97.6 Å². The summed E-state index contributed by atoms with van der Waals surface area (Å²) in [5.41, 5.74) is 8.08. The molecule has 6 amide bonds. The number of carbonyl (C=O) groups excluding carboxylic acids is 6. The van der Waals surface area contributed by atoms with Crippen molar-refractivity contribution >= 4 is 98.4 Å². The Morgan fingerprint density at radius 1 is 0.560 bits per heavy atom. The van der Waals surface area contributed by atoms with Gasteiger partial charge in [0, 0.05) is 103 Å². The number of piperidine rings is 4. The minimum Gasteiger partial charge on any atom is -0.444 e. The van der Waals surface area contributed by atoms with E-state index in [1.807, 2.05) is 81.7 Å². The van der Waals surface area contributed by atoms with Crippen molar-refractivity contribution in [3.63, 3.8) is 0 Å². The molecule has 0 bridgehead atoms. The standard InChI is InChI=1S/C33H44N8O4.C19H28N4O3.C14H17ClN4O/c1-32(2,3)45-31(44)39-17-14-33(15-18-39)13-8-16-40(29(33)43)24-11-12-26(34-21-24)36-30-35-20-22-19-25(28(42)38(4)5)41(27(22)37-30)23-9-6-7-10-23;1-18(2,3)26-17(25)22-11-8-19(9-12-22)7-4-10-23(16(19)24)14-5-6-15(20)21-13-14;1-18(2)13(20)11-7-9-8-16-14(15)17-12(9)19(11)10-5-3-4-6-10/h11-12,19-21,23H,6-10,13-18H2,1-5H3,(H,34,35,36,37);5-6,13H,4,7-12H2,1-3H3,(H2,20,21);7-8,10H,3-6H2,1-2H3. The highest BCUT2D eigenvalue weighted by Crippen LogP contribution is 2.45. The first kappa shape index (κ1) is 65.8. The lowest BCUT2D eigenvalue weighted by molar-refractivity contribution is -0.134. The fourth-order valence-electron chi connectivity index (χ4n) is 13.6. The smallest absolute Gasteiger partial charge is 0.410 e. The van der Waals surface area contributed by atoms with Gasteiger partial charge in [-0.05, 0) is 167 Å². The maximum Gasteiger partial charge on any atom is 0.410 e. The maximum atomic E-state index is 13.8. The summed E-state index contributed by atoms with van der Waals surface area (Å²) in [6.45, 7) is 14.6. The number of nitrogen functional groups attached to an aromatic ring is 1. The Balaban J connectivity index is 0.000000166. The lowest BCUT2D eigenvalue weighted by Crippen LogP contribution is -2.55. The van der Waals surface area contributed by atoms with Gasteiger partial charge in [-0.3, -0.25) is 19.2 Å². The first-order valence-electron chi connectivity index (χ1n) is 32.1. The Labute approximate surface area is 537 Å². The van der Waals surface area contributed by atoms with Crippen LogP contribution in [0.2, 0.25) is 5.28 Å². The average molecular weight is 1270 g/mol. The average Bonchev–Trinajstić information content (AvgIpc) is 1.32. The van der Waals surface area contributed by atoms with E-state index in [2.05, 4.69) is 39.4 Å². The molecule has 10 heterocycles. The summed E-state index contributed by atoms with van der Waals surface area (Å²) in [5, 5.41) is 5.13. The third-order valence-corrected chi connectivity index (χ3v) is 18.5. The number of amides is 6. The summed E-state index contributed by atoms with van der Waals surface area (Å²) in [4.78, 5) is 114. The van der Waals surface area contributed by atoms with E-state index in [1.54, 1.807) is 78.6 Å². The molecule has 6 aliphatic rings. The van der Waals surface area contributed by atoms with Crippen molar-refractivity contribution in [2.24, 2.45) is 10.8 Å². The lowest BCUT2D eigenvalue weighted by atomic mass is 9.71. The molecular weight excluding hydrogens is 1180 g/mol. The molecule has 91 heavy (non-hydrogen) atoms. The van der Waals surface area contributed by atoms with Crippen molar-refractivity contribution in [3.8, 4) is 0 Å². The number of fused-ring (bicyclic) bond motifs is 2. The topological polar surface area (TPSA) is 266 Å². The Morgan fingerprint density at radius 3 is 1.40 bits per heavy atom. The largest absolute Gasteiger partial charge is 0.444 e. The zero-order valence-corrected chi connectivity index (χ0v) is 55.2. The predicted molar refractivity (Wildman–Crippen MR) is 349 cm³/mol. The quantitative estimate of drug-likeness (QED) is 0.134. The lowest BCUT2D eigenvalue weighted by Gasteiger charge is -2.46. The fraction of sp³-hybridized carbons (Fsp3) is 0.576. The second-order valence-corrected chi connectivity index (χ2v) is 27.9. The van der Waals surface area contributed by atoms with Crippen LogP contribution in [0.3, 0.4) is 0 Å². The van der Waals surface area contributed by atoms with Crippen LogP contribution >= 0.6 is 11.6 Å². The monoisotopic (exact) mass is 1270 g/mol. The Kier molecular flexibility index (Phi) is 19.5. The van der Waals surface area contributed by atoms with Gasteiger partial charge in [-0.1, -0.05) is 25.7 Å². The molecule has 0 atom stereocenters. The van der Waals surface area contributed by atoms with E-state index in [9.17, 15) is 28.8 Å². The van der Waals surface area contributed by atoms with Gasteiger partial charge in [0.15, 0.2) is 0 Å². The fourth-order valence-corrected chi connectivity index (χ4v) is 13.8. The summed E-state index contributed by atoms with van der Waals surface area (Å²) in [5.74, 6) is 1.59. The summed E-state index contributed by atoms with van der Waals surface area (Å²) in [6.07, 6.45) is 21.2. The van der Waals surface area contributed by atoms with Gasteiger partial charge in [0.2, 0.25) is 23.0 Å². The van der Waals surface area contributed by atoms with Crippen LogP contribution < -0.4 is 20.9 Å². The van der Waals surface area contributed by atoms with Crippen LogP contribution in [0.4, 0.5) is 38.5 Å². The molecule has 12 rings (SSSR count). The molecular formula is C66H89ClN16O8. The third kappa shape index (κ3) is 14.8. The number of likely N-dealkylation sites (tertiary alicyclic amines) is 2. The Morgan fingerprint density at radius 2 is 0.989 bits per heavy atom. The van der Waals surface area contributed by atoms with Gasteiger partial charge in [0.1, 0.15) is 45.5 Å². The van der Waals surface area contributed by atoms with E-state index >= 15 is 0 Å². The zero-order chi connectivity index (χ0) is 65.2. The van der Waals surface area contributed by atoms with Crippen LogP contribution in [0.1, 0.15) is 177 Å². The first-order valence-corrected chi connectivity index (χ1v) is 32.5. The highest BCUT2D eigenvalue weighted by Gasteiger charge is 2.49. The predicted octanol–water partition coefficient (Wildman–Crippen LogP) is 11.2. The van der Waals surface area contributed by atoms with Crippen LogP contribution in [0, 0.1) is 10.8 Å². The molecule has 24 nitrogen and oxygen atoms in total. The molecule has 0 radical (unpaired) electrons. The number of halogens is 1. The molecule has 0 aromatic carbocycles. The molecule has 0 unspecified atom stereocenters. The van der Waals surface area contributed by atoms with Gasteiger partial charge in [-0.25, -0.2) is 29.5 Å². The highest BCUT2D eigenvalue weighted by molar-refractivity contribution is 6.28. The molecule has 488 valence electrons. The number of nitrogens with one attached hydrogen (secondary N) is 1. The molecule has 3 N–H and O–H groups in total. The van der Waals surface area contributed by atoms with Gasteiger partial charge in [-0.15, -0.1) is 0 Å². The van der Waals surface area contributed by atoms with Gasteiger partial charge >= 0.3 is 12.2 Å². The first-order chi connectivity index (χ1) is 43.2. The molecule has 6 fully saturated rings. The Bertz CT molecular complexity index is 3620. The van der Waals surface area contributed by atoms with Crippen LogP contribution in [-0.2, 0) is 19.1 Å². The van der Waals surface area contributed by atoms with E-state index < -0.39 is 22.0 Å². The van der Waals surface area contributed by atoms with E-state index in [-0.39, 0.29) is 47.1 Å². The number of anilines is 5. The van der Waals surface area contributed by atoms with Gasteiger partial charge in [-0.2, -0.15) is 9.97 Å². The summed E-state index contributed by atoms with van der Waals surface area (Å²) in [6, 6.07) is 11.6. The molecule has 25 heteroatoms. The number of ether oxygens (including phenoxy) is 2. The highest BCUT2D eigenvalue weighted by atomic mass is 35.5. The number of pyridine rings is 2. The summed E-state index contributed by atoms with van der Waals surface area (Å²) < 4.78 is 15.1. The number of nitrogens with zero attached hydrogens (tertiary/aromatic N) is 14. The number of aromatic nitrogens is 8. The molecule has 2 saturated carbocycles.